The maximum Gasteiger partial charge on any atom is 0.0239 e. The zero-order chi connectivity index (χ0) is 7.95. The first kappa shape index (κ1) is 7.60. The fourth-order valence-electron chi connectivity index (χ4n) is 3.08. The second-order valence-corrected chi connectivity index (χ2v) is 4.25. The molecule has 1 spiro atoms. The van der Waals surface area contributed by atoms with Gasteiger partial charge in [-0.15, -0.1) is 0 Å². The first-order valence-corrected chi connectivity index (χ1v) is 5.04. The number of hydrogen-bond acceptors (Lipinski definition) is 1. The molecule has 0 amide bonds. The Morgan fingerprint density at radius 3 is 2.09 bits per heavy atom. The van der Waals surface area contributed by atoms with Crippen LogP contribution in [0.5, 0.6) is 0 Å². The van der Waals surface area contributed by atoms with E-state index in [1.54, 1.807) is 0 Å². The van der Waals surface area contributed by atoms with E-state index in [9.17, 15) is 0 Å². The molecule has 1 heteroatoms. The second kappa shape index (κ2) is 2.22. The molecule has 1 nitrogen and oxygen atoms in total. The second-order valence-electron chi connectivity index (χ2n) is 4.25. The van der Waals surface area contributed by atoms with E-state index in [0.29, 0.717) is 11.0 Å². The Labute approximate surface area is 69.6 Å². The van der Waals surface area contributed by atoms with Gasteiger partial charge in [0.2, 0.25) is 0 Å². The zero-order valence-corrected chi connectivity index (χ0v) is 7.74. The van der Waals surface area contributed by atoms with Crippen molar-refractivity contribution < 1.29 is 0 Å². The van der Waals surface area contributed by atoms with Gasteiger partial charge in [-0.05, 0) is 44.1 Å². The molecule has 0 unspecified atom stereocenters. The lowest BCUT2D eigenvalue weighted by molar-refractivity contribution is 0.209. The predicted octanol–water partition coefficient (Wildman–Crippen LogP) is 2.32. The van der Waals surface area contributed by atoms with Gasteiger partial charge in [-0.1, -0.05) is 13.8 Å². The molecule has 2 fully saturated rings. The molecule has 2 aliphatic rings. The zero-order valence-electron chi connectivity index (χ0n) is 7.74. The quantitative estimate of drug-likeness (QED) is 0.642. The van der Waals surface area contributed by atoms with Gasteiger partial charge in [0.1, 0.15) is 0 Å². The minimum Gasteiger partial charge on any atom is -0.311 e. The van der Waals surface area contributed by atoms with Crippen LogP contribution in [0, 0.1) is 5.41 Å². The van der Waals surface area contributed by atoms with Crippen LogP contribution in [0.4, 0.5) is 0 Å². The van der Waals surface area contributed by atoms with E-state index in [0.717, 1.165) is 0 Å². The molecule has 0 radical (unpaired) electrons. The molecule has 1 aliphatic carbocycles. The SMILES string of the molecule is CCC1(CC)CCNC12CC2. The molecule has 11 heavy (non-hydrogen) atoms. The van der Waals surface area contributed by atoms with E-state index in [1.807, 2.05) is 0 Å². The fraction of sp³-hybridized carbons (Fsp3) is 1.00. The molecule has 1 saturated carbocycles. The summed E-state index contributed by atoms with van der Waals surface area (Å²) in [6.07, 6.45) is 7.04. The van der Waals surface area contributed by atoms with Crippen molar-refractivity contribution in [2.24, 2.45) is 5.41 Å². The average Bonchev–Trinajstić information content (AvgIpc) is 2.68. The molecule has 1 aliphatic heterocycles. The summed E-state index contributed by atoms with van der Waals surface area (Å²) < 4.78 is 0. The Morgan fingerprint density at radius 2 is 1.73 bits per heavy atom. The molecule has 0 aromatic heterocycles. The molecule has 64 valence electrons. The molecule has 1 N–H and O–H groups in total. The van der Waals surface area contributed by atoms with Gasteiger partial charge in [0.15, 0.2) is 0 Å². The fourth-order valence-corrected chi connectivity index (χ4v) is 3.08. The summed E-state index contributed by atoms with van der Waals surface area (Å²) in [6, 6.07) is 0. The van der Waals surface area contributed by atoms with Gasteiger partial charge in [-0.2, -0.15) is 0 Å². The van der Waals surface area contributed by atoms with E-state index < -0.39 is 0 Å². The monoisotopic (exact) mass is 153 g/mol. The Hall–Kier alpha value is -0.0400. The highest BCUT2D eigenvalue weighted by Crippen LogP contribution is 2.58. The highest BCUT2D eigenvalue weighted by Gasteiger charge is 2.59. The third kappa shape index (κ3) is 0.807. The maximum atomic E-state index is 3.70. The molecule has 0 aromatic rings. The summed E-state index contributed by atoms with van der Waals surface area (Å²) in [6.45, 7) is 5.98. The smallest absolute Gasteiger partial charge is 0.0239 e. The van der Waals surface area contributed by atoms with Crippen LogP contribution < -0.4 is 5.32 Å². The van der Waals surface area contributed by atoms with Crippen LogP contribution in [-0.4, -0.2) is 12.1 Å². The summed E-state index contributed by atoms with van der Waals surface area (Å²) in [4.78, 5) is 0. The van der Waals surface area contributed by atoms with E-state index in [-0.39, 0.29) is 0 Å². The lowest BCUT2D eigenvalue weighted by atomic mass is 9.74. The predicted molar refractivity (Wildman–Crippen MR) is 47.6 cm³/mol. The van der Waals surface area contributed by atoms with Crippen LogP contribution in [0.25, 0.3) is 0 Å². The van der Waals surface area contributed by atoms with E-state index in [1.165, 1.54) is 38.6 Å². The van der Waals surface area contributed by atoms with E-state index in [4.69, 9.17) is 0 Å². The topological polar surface area (TPSA) is 12.0 Å². The van der Waals surface area contributed by atoms with Crippen LogP contribution >= 0.6 is 0 Å². The normalized spacial score (nSPS) is 31.1. The third-order valence-corrected chi connectivity index (χ3v) is 4.19. The molecule has 1 heterocycles. The van der Waals surface area contributed by atoms with Crippen molar-refractivity contribution in [3.63, 3.8) is 0 Å². The average molecular weight is 153 g/mol. The lowest BCUT2D eigenvalue weighted by Crippen LogP contribution is -2.38. The standard InChI is InChI=1S/C10H19N/c1-3-9(4-2)7-8-11-10(9)5-6-10/h11H,3-8H2,1-2H3. The summed E-state index contributed by atoms with van der Waals surface area (Å²) in [5.41, 5.74) is 1.28. The van der Waals surface area contributed by atoms with Crippen molar-refractivity contribution in [3.05, 3.63) is 0 Å². The first-order valence-electron chi connectivity index (χ1n) is 5.04. The Kier molecular flexibility index (Phi) is 1.54. The van der Waals surface area contributed by atoms with Crippen LogP contribution in [-0.2, 0) is 0 Å². The number of rotatable bonds is 2. The highest BCUT2D eigenvalue weighted by molar-refractivity contribution is 5.17. The van der Waals surface area contributed by atoms with Crippen molar-refractivity contribution in [2.45, 2.75) is 51.5 Å². The van der Waals surface area contributed by atoms with Crippen LogP contribution in [0.15, 0.2) is 0 Å². The molecule has 1 saturated heterocycles. The van der Waals surface area contributed by atoms with Crippen molar-refractivity contribution in [1.82, 2.24) is 5.32 Å². The summed E-state index contributed by atoms with van der Waals surface area (Å²) >= 11 is 0. The summed E-state index contributed by atoms with van der Waals surface area (Å²) in [5, 5.41) is 3.70. The van der Waals surface area contributed by atoms with E-state index >= 15 is 0 Å². The Bertz CT molecular complexity index is 154. The van der Waals surface area contributed by atoms with Crippen molar-refractivity contribution >= 4 is 0 Å². The summed E-state index contributed by atoms with van der Waals surface area (Å²) in [7, 11) is 0. The molecular formula is C10H19N. The molecule has 0 atom stereocenters. The minimum absolute atomic E-state index is 0.608. The highest BCUT2D eigenvalue weighted by atomic mass is 15.1. The lowest BCUT2D eigenvalue weighted by Gasteiger charge is -2.33. The number of nitrogens with one attached hydrogen (secondary N) is 1. The Morgan fingerprint density at radius 1 is 1.09 bits per heavy atom. The van der Waals surface area contributed by atoms with Crippen LogP contribution in [0.3, 0.4) is 0 Å². The van der Waals surface area contributed by atoms with Gasteiger partial charge in [0, 0.05) is 5.54 Å². The van der Waals surface area contributed by atoms with Gasteiger partial charge >= 0.3 is 0 Å². The van der Waals surface area contributed by atoms with Gasteiger partial charge in [0.05, 0.1) is 0 Å². The van der Waals surface area contributed by atoms with E-state index in [2.05, 4.69) is 19.2 Å². The largest absolute Gasteiger partial charge is 0.311 e. The molecule has 0 aromatic carbocycles. The molecule has 0 bridgehead atoms. The first-order chi connectivity index (χ1) is 5.29. The maximum absolute atomic E-state index is 3.70. The molecule has 2 rings (SSSR count). The van der Waals surface area contributed by atoms with Gasteiger partial charge < -0.3 is 5.32 Å². The third-order valence-electron chi connectivity index (χ3n) is 4.19. The summed E-state index contributed by atoms with van der Waals surface area (Å²) in [5.74, 6) is 0. The van der Waals surface area contributed by atoms with Gasteiger partial charge in [-0.3, -0.25) is 0 Å². The van der Waals surface area contributed by atoms with Crippen molar-refractivity contribution in [3.8, 4) is 0 Å². The van der Waals surface area contributed by atoms with Crippen molar-refractivity contribution in [2.75, 3.05) is 6.54 Å². The number of hydrogen-bond donors (Lipinski definition) is 1. The van der Waals surface area contributed by atoms with Gasteiger partial charge in [0.25, 0.3) is 0 Å². The van der Waals surface area contributed by atoms with Crippen LogP contribution in [0.1, 0.15) is 46.0 Å². The molecular weight excluding hydrogens is 134 g/mol. The van der Waals surface area contributed by atoms with Crippen LogP contribution in [0.2, 0.25) is 0 Å². The van der Waals surface area contributed by atoms with Gasteiger partial charge in [-0.25, -0.2) is 0 Å². The Balaban J connectivity index is 2.20. The minimum atomic E-state index is 0.608. The van der Waals surface area contributed by atoms with Crippen molar-refractivity contribution in [1.29, 1.82) is 0 Å².